The maximum Gasteiger partial charge on any atom is 0.191 e. The zero-order chi connectivity index (χ0) is 15.5. The number of halogens is 1. The number of guanidine groups is 1. The summed E-state index contributed by atoms with van der Waals surface area (Å²) in [5.41, 5.74) is 1.77. The molecule has 2 N–H and O–H groups in total. The van der Waals surface area contributed by atoms with Crippen LogP contribution in [-0.4, -0.2) is 19.6 Å². The number of nitrogens with one attached hydrogen (secondary N) is 2. The van der Waals surface area contributed by atoms with Gasteiger partial charge in [-0.25, -0.2) is 0 Å². The van der Waals surface area contributed by atoms with E-state index in [1.165, 1.54) is 12.8 Å². The summed E-state index contributed by atoms with van der Waals surface area (Å²) in [6.07, 6.45) is 3.67. The van der Waals surface area contributed by atoms with Gasteiger partial charge in [-0.3, -0.25) is 4.99 Å². The Kier molecular flexibility index (Phi) is 11.6. The SMILES string of the molecule is CN=C(NCCCCC(C)C)NCc1cccc(C#N)c1.I. The van der Waals surface area contributed by atoms with Crippen LogP contribution in [0.25, 0.3) is 0 Å². The van der Waals surface area contributed by atoms with E-state index in [0.717, 1.165) is 30.4 Å². The van der Waals surface area contributed by atoms with Crippen molar-refractivity contribution in [3.05, 3.63) is 35.4 Å². The second kappa shape index (κ2) is 12.3. The van der Waals surface area contributed by atoms with Crippen LogP contribution in [0, 0.1) is 17.2 Å². The average Bonchev–Trinajstić information content (AvgIpc) is 2.50. The highest BCUT2D eigenvalue weighted by Crippen LogP contribution is 2.05. The molecule has 0 atom stereocenters. The van der Waals surface area contributed by atoms with Gasteiger partial charge in [0.1, 0.15) is 0 Å². The summed E-state index contributed by atoms with van der Waals surface area (Å²) >= 11 is 0. The molecule has 0 radical (unpaired) electrons. The molecule has 1 rings (SSSR count). The van der Waals surface area contributed by atoms with Gasteiger partial charge in [-0.05, 0) is 30.0 Å². The highest BCUT2D eigenvalue weighted by Gasteiger charge is 2.00. The molecule has 1 aromatic rings. The van der Waals surface area contributed by atoms with Crippen LogP contribution in [0.1, 0.15) is 44.2 Å². The Morgan fingerprint density at radius 2 is 2.05 bits per heavy atom. The summed E-state index contributed by atoms with van der Waals surface area (Å²) in [7, 11) is 1.77. The highest BCUT2D eigenvalue weighted by molar-refractivity contribution is 14.0. The molecular weight excluding hydrogens is 387 g/mol. The first-order valence-electron chi connectivity index (χ1n) is 7.59. The molecule has 0 saturated heterocycles. The Balaban J connectivity index is 0.00000441. The van der Waals surface area contributed by atoms with Gasteiger partial charge in [0, 0.05) is 20.1 Å². The highest BCUT2D eigenvalue weighted by atomic mass is 127. The van der Waals surface area contributed by atoms with Crippen molar-refractivity contribution in [1.82, 2.24) is 10.6 Å². The summed E-state index contributed by atoms with van der Waals surface area (Å²) in [5.74, 6) is 1.58. The lowest BCUT2D eigenvalue weighted by atomic mass is 10.1. The normalized spacial score (nSPS) is 10.8. The maximum atomic E-state index is 8.88. The van der Waals surface area contributed by atoms with Crippen molar-refractivity contribution in [2.24, 2.45) is 10.9 Å². The summed E-state index contributed by atoms with van der Waals surface area (Å²) in [6.45, 7) is 6.11. The van der Waals surface area contributed by atoms with E-state index in [2.05, 4.69) is 35.5 Å². The van der Waals surface area contributed by atoms with E-state index in [1.54, 1.807) is 7.05 Å². The third-order valence-electron chi connectivity index (χ3n) is 3.24. The first-order valence-corrected chi connectivity index (χ1v) is 7.59. The number of nitrogens with zero attached hydrogens (tertiary/aromatic N) is 2. The first kappa shape index (κ1) is 20.7. The van der Waals surface area contributed by atoms with Crippen molar-refractivity contribution in [3.63, 3.8) is 0 Å². The first-order chi connectivity index (χ1) is 10.2. The third kappa shape index (κ3) is 8.88. The molecule has 0 bridgehead atoms. The molecule has 0 aromatic heterocycles. The van der Waals surface area contributed by atoms with Gasteiger partial charge in [0.25, 0.3) is 0 Å². The van der Waals surface area contributed by atoms with Crippen molar-refractivity contribution < 1.29 is 0 Å². The molecule has 0 aliphatic heterocycles. The number of nitriles is 1. The molecule has 22 heavy (non-hydrogen) atoms. The van der Waals surface area contributed by atoms with Crippen LogP contribution in [0.4, 0.5) is 0 Å². The standard InChI is InChI=1S/C17H26N4.HI/c1-14(2)7-4-5-10-20-17(19-3)21-13-16-9-6-8-15(11-16)12-18;/h6,8-9,11,14H,4-5,7,10,13H2,1-3H3,(H2,19,20,21);1H. The van der Waals surface area contributed by atoms with Crippen molar-refractivity contribution in [3.8, 4) is 6.07 Å². The molecule has 0 unspecified atom stereocenters. The third-order valence-corrected chi connectivity index (χ3v) is 3.24. The number of hydrogen-bond donors (Lipinski definition) is 2. The molecule has 0 saturated carbocycles. The van der Waals surface area contributed by atoms with Gasteiger partial charge in [0.2, 0.25) is 0 Å². The Labute approximate surface area is 151 Å². The van der Waals surface area contributed by atoms with Gasteiger partial charge in [0.15, 0.2) is 5.96 Å². The summed E-state index contributed by atoms with van der Waals surface area (Å²) in [4.78, 5) is 4.21. The van der Waals surface area contributed by atoms with E-state index in [0.29, 0.717) is 12.1 Å². The van der Waals surface area contributed by atoms with Crippen LogP contribution >= 0.6 is 24.0 Å². The van der Waals surface area contributed by atoms with Crippen LogP contribution < -0.4 is 10.6 Å². The zero-order valence-corrected chi connectivity index (χ0v) is 16.1. The van der Waals surface area contributed by atoms with Gasteiger partial charge >= 0.3 is 0 Å². The largest absolute Gasteiger partial charge is 0.356 e. The van der Waals surface area contributed by atoms with E-state index >= 15 is 0 Å². The molecule has 0 spiro atoms. The average molecular weight is 414 g/mol. The van der Waals surface area contributed by atoms with E-state index in [1.807, 2.05) is 24.3 Å². The van der Waals surface area contributed by atoms with Crippen LogP contribution in [0.3, 0.4) is 0 Å². The molecule has 5 heteroatoms. The fourth-order valence-corrected chi connectivity index (χ4v) is 2.04. The lowest BCUT2D eigenvalue weighted by Crippen LogP contribution is -2.37. The predicted molar refractivity (Wildman–Crippen MR) is 103 cm³/mol. The van der Waals surface area contributed by atoms with E-state index < -0.39 is 0 Å². The lowest BCUT2D eigenvalue weighted by Gasteiger charge is -2.12. The summed E-state index contributed by atoms with van der Waals surface area (Å²) in [6, 6.07) is 9.76. The smallest absolute Gasteiger partial charge is 0.191 e. The molecule has 0 aliphatic carbocycles. The van der Waals surface area contributed by atoms with E-state index in [-0.39, 0.29) is 24.0 Å². The minimum atomic E-state index is 0. The number of rotatable bonds is 7. The van der Waals surface area contributed by atoms with Crippen molar-refractivity contribution in [2.75, 3.05) is 13.6 Å². The van der Waals surface area contributed by atoms with Crippen molar-refractivity contribution >= 4 is 29.9 Å². The number of benzene rings is 1. The van der Waals surface area contributed by atoms with E-state index in [9.17, 15) is 0 Å². The fraction of sp³-hybridized carbons (Fsp3) is 0.529. The number of unbranched alkanes of at least 4 members (excludes halogenated alkanes) is 1. The van der Waals surface area contributed by atoms with E-state index in [4.69, 9.17) is 5.26 Å². The van der Waals surface area contributed by atoms with Crippen LogP contribution in [0.2, 0.25) is 0 Å². The minimum Gasteiger partial charge on any atom is -0.356 e. The Hall–Kier alpha value is -1.29. The van der Waals surface area contributed by atoms with Crippen LogP contribution in [-0.2, 0) is 6.54 Å². The second-order valence-electron chi connectivity index (χ2n) is 5.55. The molecule has 4 nitrogen and oxygen atoms in total. The topological polar surface area (TPSA) is 60.2 Å². The van der Waals surface area contributed by atoms with Gasteiger partial charge in [-0.2, -0.15) is 5.26 Å². The van der Waals surface area contributed by atoms with Gasteiger partial charge in [-0.1, -0.05) is 38.8 Å². The van der Waals surface area contributed by atoms with Crippen LogP contribution in [0.15, 0.2) is 29.3 Å². The molecule has 0 aliphatic rings. The zero-order valence-electron chi connectivity index (χ0n) is 13.7. The van der Waals surface area contributed by atoms with Gasteiger partial charge in [-0.15, -0.1) is 24.0 Å². The maximum absolute atomic E-state index is 8.88. The molecule has 0 amide bonds. The molecule has 0 heterocycles. The quantitative estimate of drug-likeness (QED) is 0.310. The molecule has 122 valence electrons. The monoisotopic (exact) mass is 414 g/mol. The number of hydrogen-bond acceptors (Lipinski definition) is 2. The minimum absolute atomic E-state index is 0. The van der Waals surface area contributed by atoms with Crippen molar-refractivity contribution in [1.29, 1.82) is 5.26 Å². The Morgan fingerprint density at radius 1 is 1.27 bits per heavy atom. The van der Waals surface area contributed by atoms with Gasteiger partial charge < -0.3 is 10.6 Å². The fourth-order valence-electron chi connectivity index (χ4n) is 2.04. The van der Waals surface area contributed by atoms with Gasteiger partial charge in [0.05, 0.1) is 11.6 Å². The number of aliphatic imine (C=N–C) groups is 1. The predicted octanol–water partition coefficient (Wildman–Crippen LogP) is 3.67. The lowest BCUT2D eigenvalue weighted by molar-refractivity contribution is 0.534. The van der Waals surface area contributed by atoms with Crippen molar-refractivity contribution in [2.45, 2.75) is 39.7 Å². The van der Waals surface area contributed by atoms with Crippen LogP contribution in [0.5, 0.6) is 0 Å². The molecular formula is C17H27IN4. The second-order valence-corrected chi connectivity index (χ2v) is 5.55. The summed E-state index contributed by atoms with van der Waals surface area (Å²) < 4.78 is 0. The Morgan fingerprint density at radius 3 is 2.68 bits per heavy atom. The summed E-state index contributed by atoms with van der Waals surface area (Å²) in [5, 5.41) is 15.5. The molecule has 0 fully saturated rings. The molecule has 1 aromatic carbocycles. The Bertz CT molecular complexity index is 492.